The van der Waals surface area contributed by atoms with Gasteiger partial charge in [-0.2, -0.15) is 12.6 Å². The fraction of sp³-hybridized carbons (Fsp3) is 0.857. The van der Waals surface area contributed by atoms with Gasteiger partial charge >= 0.3 is 16.4 Å². The summed E-state index contributed by atoms with van der Waals surface area (Å²) in [6, 6.07) is 0. The second kappa shape index (κ2) is 16.0. The molecule has 0 spiro atoms. The lowest BCUT2D eigenvalue weighted by Gasteiger charge is -2.24. The average molecular weight is 437 g/mol. The first-order valence-electron chi connectivity index (χ1n) is 10.9. The van der Waals surface area contributed by atoms with Gasteiger partial charge < -0.3 is 10.2 Å². The highest BCUT2D eigenvalue weighted by Crippen LogP contribution is 2.21. The number of hydrogen-bond donors (Lipinski definition) is 3. The SMILES string of the molecule is CCCCCCCC/C=C\CCCCCCCC(=O)C(C)C(O)(O)OS(=O)(=O)O. The Morgan fingerprint density at radius 1 is 0.897 bits per heavy atom. The highest BCUT2D eigenvalue weighted by atomic mass is 32.3. The van der Waals surface area contributed by atoms with Crippen molar-refractivity contribution >= 4 is 16.2 Å². The lowest BCUT2D eigenvalue weighted by atomic mass is 9.98. The van der Waals surface area contributed by atoms with Gasteiger partial charge in [-0.25, -0.2) is 0 Å². The summed E-state index contributed by atoms with van der Waals surface area (Å²) in [5.74, 6) is -5.26. The van der Waals surface area contributed by atoms with Crippen molar-refractivity contribution in [3.8, 4) is 0 Å². The Morgan fingerprint density at radius 2 is 1.34 bits per heavy atom. The maximum absolute atomic E-state index is 11.9. The van der Waals surface area contributed by atoms with Gasteiger partial charge in [-0.15, -0.1) is 0 Å². The van der Waals surface area contributed by atoms with Crippen molar-refractivity contribution in [1.82, 2.24) is 0 Å². The zero-order chi connectivity index (χ0) is 22.2. The molecule has 0 rings (SSSR count). The van der Waals surface area contributed by atoms with Gasteiger partial charge in [-0.3, -0.25) is 9.35 Å². The van der Waals surface area contributed by atoms with Crippen LogP contribution < -0.4 is 0 Å². The molecule has 0 aromatic carbocycles. The molecule has 0 heterocycles. The highest BCUT2D eigenvalue weighted by Gasteiger charge is 2.41. The number of allylic oxidation sites excluding steroid dienone is 2. The lowest BCUT2D eigenvalue weighted by molar-refractivity contribution is -0.313. The molecule has 3 N–H and O–H groups in total. The summed E-state index contributed by atoms with van der Waals surface area (Å²) in [5.41, 5.74) is 0. The zero-order valence-corrected chi connectivity index (χ0v) is 18.8. The smallest absolute Gasteiger partial charge is 0.342 e. The van der Waals surface area contributed by atoms with E-state index in [1.54, 1.807) is 0 Å². The molecule has 8 heteroatoms. The zero-order valence-electron chi connectivity index (χ0n) is 18.0. The van der Waals surface area contributed by atoms with E-state index in [1.807, 2.05) is 0 Å². The van der Waals surface area contributed by atoms with Crippen LogP contribution in [0.2, 0.25) is 0 Å². The predicted octanol–water partition coefficient (Wildman–Crippen LogP) is 4.69. The van der Waals surface area contributed by atoms with Crippen molar-refractivity contribution in [2.75, 3.05) is 0 Å². The molecule has 172 valence electrons. The molecule has 0 aliphatic rings. The van der Waals surface area contributed by atoms with E-state index in [-0.39, 0.29) is 6.42 Å². The van der Waals surface area contributed by atoms with Crippen LogP contribution in [-0.4, -0.2) is 34.9 Å². The molecule has 0 aliphatic heterocycles. The number of hydrogen-bond acceptors (Lipinski definition) is 6. The molecule has 29 heavy (non-hydrogen) atoms. The Labute approximate surface area is 176 Å². The van der Waals surface area contributed by atoms with Gasteiger partial charge in [-0.1, -0.05) is 70.4 Å². The Kier molecular flexibility index (Phi) is 15.5. The van der Waals surface area contributed by atoms with E-state index in [9.17, 15) is 23.4 Å². The van der Waals surface area contributed by atoms with Gasteiger partial charge in [0.15, 0.2) is 0 Å². The van der Waals surface area contributed by atoms with Crippen LogP contribution in [0.15, 0.2) is 12.2 Å². The molecular formula is C21H40O7S. The molecule has 0 amide bonds. The van der Waals surface area contributed by atoms with Crippen LogP contribution in [0, 0.1) is 5.92 Å². The van der Waals surface area contributed by atoms with Crippen LogP contribution in [0.3, 0.4) is 0 Å². The van der Waals surface area contributed by atoms with Crippen LogP contribution in [0.25, 0.3) is 0 Å². The van der Waals surface area contributed by atoms with Gasteiger partial charge in [0.25, 0.3) is 0 Å². The first-order valence-corrected chi connectivity index (χ1v) is 12.3. The third-order valence-electron chi connectivity index (χ3n) is 4.96. The Balaban J connectivity index is 3.67. The summed E-state index contributed by atoms with van der Waals surface area (Å²) in [6.45, 7) is 3.37. The summed E-state index contributed by atoms with van der Waals surface area (Å²) in [5, 5.41) is 19.0. The normalized spacial score (nSPS) is 13.8. The van der Waals surface area contributed by atoms with Gasteiger partial charge in [0.2, 0.25) is 0 Å². The first kappa shape index (κ1) is 28.2. The molecule has 7 nitrogen and oxygen atoms in total. The van der Waals surface area contributed by atoms with E-state index in [2.05, 4.69) is 23.3 Å². The molecule has 0 bridgehead atoms. The van der Waals surface area contributed by atoms with Crippen molar-refractivity contribution in [1.29, 1.82) is 0 Å². The topological polar surface area (TPSA) is 121 Å². The first-order chi connectivity index (χ1) is 13.6. The van der Waals surface area contributed by atoms with E-state index < -0.39 is 28.1 Å². The van der Waals surface area contributed by atoms with Crippen LogP contribution in [0.4, 0.5) is 0 Å². The minimum absolute atomic E-state index is 0.0943. The summed E-state index contributed by atoms with van der Waals surface area (Å²) in [6.07, 6.45) is 19.3. The van der Waals surface area contributed by atoms with Crippen LogP contribution in [0.5, 0.6) is 0 Å². The predicted molar refractivity (Wildman–Crippen MR) is 113 cm³/mol. The van der Waals surface area contributed by atoms with Gasteiger partial charge in [0, 0.05) is 6.42 Å². The third-order valence-corrected chi connectivity index (χ3v) is 5.42. The van der Waals surface area contributed by atoms with Gasteiger partial charge in [0.05, 0.1) is 5.92 Å². The summed E-state index contributed by atoms with van der Waals surface area (Å²) in [7, 11) is -5.07. The van der Waals surface area contributed by atoms with E-state index in [0.717, 1.165) is 45.4 Å². The highest BCUT2D eigenvalue weighted by molar-refractivity contribution is 7.80. The number of Topliss-reactive ketones (excluding diaryl/α,β-unsaturated/α-hetero) is 1. The lowest BCUT2D eigenvalue weighted by Crippen LogP contribution is -2.44. The molecular weight excluding hydrogens is 396 g/mol. The summed E-state index contributed by atoms with van der Waals surface area (Å²) >= 11 is 0. The van der Waals surface area contributed by atoms with E-state index >= 15 is 0 Å². The maximum atomic E-state index is 11.9. The number of ketones is 1. The van der Waals surface area contributed by atoms with Crippen molar-refractivity contribution < 1.29 is 32.2 Å². The monoisotopic (exact) mass is 436 g/mol. The van der Waals surface area contributed by atoms with Crippen LogP contribution >= 0.6 is 0 Å². The van der Waals surface area contributed by atoms with Crippen LogP contribution in [0.1, 0.15) is 104 Å². The second-order valence-electron chi connectivity index (χ2n) is 7.69. The summed E-state index contributed by atoms with van der Waals surface area (Å²) in [4.78, 5) is 11.9. The van der Waals surface area contributed by atoms with Crippen molar-refractivity contribution in [3.05, 3.63) is 12.2 Å². The van der Waals surface area contributed by atoms with Gasteiger partial charge in [0.1, 0.15) is 5.78 Å². The largest absolute Gasteiger partial charge is 0.401 e. The minimum atomic E-state index is -5.07. The molecule has 0 radical (unpaired) electrons. The van der Waals surface area contributed by atoms with Crippen molar-refractivity contribution in [2.24, 2.45) is 5.92 Å². The Hall–Kier alpha value is -0.800. The molecule has 0 fully saturated rings. The molecule has 0 aromatic heterocycles. The Bertz CT molecular complexity index is 555. The molecule has 0 saturated heterocycles. The van der Waals surface area contributed by atoms with Gasteiger partial charge in [-0.05, 0) is 39.0 Å². The molecule has 0 saturated carbocycles. The fourth-order valence-electron chi connectivity index (χ4n) is 3.02. The van der Waals surface area contributed by atoms with Crippen LogP contribution in [-0.2, 0) is 19.4 Å². The molecule has 1 unspecified atom stereocenters. The van der Waals surface area contributed by atoms with E-state index in [0.29, 0.717) is 6.42 Å². The molecule has 0 aromatic rings. The van der Waals surface area contributed by atoms with E-state index in [4.69, 9.17) is 4.55 Å². The fourth-order valence-corrected chi connectivity index (χ4v) is 3.48. The minimum Gasteiger partial charge on any atom is -0.342 e. The van der Waals surface area contributed by atoms with Crippen molar-refractivity contribution in [2.45, 2.75) is 110 Å². The maximum Gasteiger partial charge on any atom is 0.401 e. The second-order valence-corrected chi connectivity index (χ2v) is 8.71. The number of aliphatic hydroxyl groups is 2. The summed E-state index contributed by atoms with van der Waals surface area (Å²) < 4.78 is 33.4. The molecule has 1 atom stereocenters. The van der Waals surface area contributed by atoms with Crippen molar-refractivity contribution in [3.63, 3.8) is 0 Å². The number of unbranched alkanes of at least 4 members (excludes halogenated alkanes) is 11. The number of carbonyl (C=O) groups is 1. The number of carbonyl (C=O) groups excluding carboxylic acids is 1. The Morgan fingerprint density at radius 3 is 1.83 bits per heavy atom. The third kappa shape index (κ3) is 16.7. The molecule has 0 aliphatic carbocycles. The average Bonchev–Trinajstić information content (AvgIpc) is 2.62. The standard InChI is InChI=1S/C21H40O7S/c1-3-4-5-6-7-8-9-10-11-12-13-14-15-16-17-18-20(22)19(2)21(23,24)28-29(25,26)27/h10-11,19,23-24H,3-9,12-18H2,1-2H3,(H,25,26,27)/b11-10-. The van der Waals surface area contributed by atoms with E-state index in [1.165, 1.54) is 38.5 Å². The quantitative estimate of drug-likeness (QED) is 0.116. The number of rotatable bonds is 19.